The van der Waals surface area contributed by atoms with Crippen molar-refractivity contribution in [3.8, 4) is 0 Å². The highest BCUT2D eigenvalue weighted by atomic mass is 35.5. The molecule has 27 heavy (non-hydrogen) atoms. The molecular formula is C18H15ClFN3O3S. The Morgan fingerprint density at radius 1 is 1.22 bits per heavy atom. The molecule has 0 aliphatic heterocycles. The van der Waals surface area contributed by atoms with E-state index in [1.165, 1.54) is 31.4 Å². The number of amides is 1. The zero-order valence-corrected chi connectivity index (χ0v) is 15.8. The van der Waals surface area contributed by atoms with Crippen molar-refractivity contribution in [1.29, 1.82) is 0 Å². The molecule has 0 unspecified atom stereocenters. The maximum Gasteiger partial charge on any atom is 0.245 e. The van der Waals surface area contributed by atoms with E-state index in [1.807, 2.05) is 0 Å². The first-order chi connectivity index (χ1) is 12.8. The molecule has 3 aromatic rings. The molecule has 0 saturated carbocycles. The lowest BCUT2D eigenvalue weighted by molar-refractivity contribution is -0.116. The third-order valence-corrected chi connectivity index (χ3v) is 5.98. The molecule has 140 valence electrons. The van der Waals surface area contributed by atoms with Crippen LogP contribution < -0.4 is 5.32 Å². The van der Waals surface area contributed by atoms with Gasteiger partial charge < -0.3 is 5.32 Å². The number of para-hydroxylation sites is 1. The van der Waals surface area contributed by atoms with Crippen LogP contribution in [0.3, 0.4) is 0 Å². The van der Waals surface area contributed by atoms with Crippen LogP contribution >= 0.6 is 11.6 Å². The van der Waals surface area contributed by atoms with E-state index in [0.717, 1.165) is 10.4 Å². The molecule has 2 aromatic carbocycles. The predicted molar refractivity (Wildman–Crippen MR) is 102 cm³/mol. The van der Waals surface area contributed by atoms with Crippen molar-refractivity contribution in [2.45, 2.75) is 4.90 Å². The summed E-state index contributed by atoms with van der Waals surface area (Å²) in [5, 5.41) is 3.02. The topological polar surface area (TPSA) is 79.4 Å². The number of anilines is 1. The average Bonchev–Trinajstić information content (AvgIpc) is 2.64. The number of likely N-dealkylation sites (N-methyl/N-ethyl adjacent to an activating group) is 1. The Kier molecular flexibility index (Phi) is 5.41. The Labute approximate surface area is 160 Å². The fourth-order valence-corrected chi connectivity index (χ4v) is 3.98. The predicted octanol–water partition coefficient (Wildman–Crippen LogP) is 3.29. The summed E-state index contributed by atoms with van der Waals surface area (Å²) in [6, 6.07) is 12.0. The van der Waals surface area contributed by atoms with E-state index in [-0.39, 0.29) is 15.6 Å². The van der Waals surface area contributed by atoms with Crippen LogP contribution in [-0.2, 0) is 14.8 Å². The third kappa shape index (κ3) is 4.08. The van der Waals surface area contributed by atoms with Gasteiger partial charge in [-0.2, -0.15) is 4.31 Å². The number of nitrogens with one attached hydrogen (secondary N) is 1. The van der Waals surface area contributed by atoms with Gasteiger partial charge in [-0.1, -0.05) is 29.8 Å². The smallest absolute Gasteiger partial charge is 0.245 e. The van der Waals surface area contributed by atoms with Crippen molar-refractivity contribution in [3.63, 3.8) is 0 Å². The molecule has 0 spiro atoms. The van der Waals surface area contributed by atoms with Crippen molar-refractivity contribution >= 4 is 44.1 Å². The molecule has 1 heterocycles. The van der Waals surface area contributed by atoms with Crippen LogP contribution in [0, 0.1) is 5.82 Å². The number of aromatic nitrogens is 1. The summed E-state index contributed by atoms with van der Waals surface area (Å²) >= 11 is 5.67. The van der Waals surface area contributed by atoms with Crippen LogP contribution in [0.4, 0.5) is 10.1 Å². The first kappa shape index (κ1) is 19.2. The maximum atomic E-state index is 13.2. The van der Waals surface area contributed by atoms with E-state index in [4.69, 9.17) is 11.6 Å². The fraction of sp³-hybridized carbons (Fsp3) is 0.111. The van der Waals surface area contributed by atoms with Crippen molar-refractivity contribution in [2.75, 3.05) is 18.9 Å². The molecule has 0 aliphatic carbocycles. The molecule has 0 fully saturated rings. The van der Waals surface area contributed by atoms with Crippen molar-refractivity contribution in [3.05, 3.63) is 65.6 Å². The number of carbonyl (C=O) groups is 1. The summed E-state index contributed by atoms with van der Waals surface area (Å²) in [6.07, 6.45) is 1.51. The number of sulfonamides is 1. The number of carbonyl (C=O) groups excluding carboxylic acids is 1. The SMILES string of the molecule is CN(CC(=O)Nc1ccc(F)c(Cl)c1)S(=O)(=O)c1cccc2cccnc12. The first-order valence-corrected chi connectivity index (χ1v) is 9.66. The van der Waals surface area contributed by atoms with Gasteiger partial charge in [0.2, 0.25) is 15.9 Å². The molecule has 1 N–H and O–H groups in total. The fourth-order valence-electron chi connectivity index (χ4n) is 2.51. The summed E-state index contributed by atoms with van der Waals surface area (Å²) in [4.78, 5) is 16.3. The first-order valence-electron chi connectivity index (χ1n) is 7.84. The molecule has 1 aromatic heterocycles. The lowest BCUT2D eigenvalue weighted by Gasteiger charge is -2.18. The van der Waals surface area contributed by atoms with Crippen LogP contribution in [0.5, 0.6) is 0 Å². The van der Waals surface area contributed by atoms with Crippen molar-refractivity contribution in [2.24, 2.45) is 0 Å². The van der Waals surface area contributed by atoms with E-state index < -0.39 is 28.3 Å². The van der Waals surface area contributed by atoms with Crippen LogP contribution in [0.2, 0.25) is 5.02 Å². The van der Waals surface area contributed by atoms with Gasteiger partial charge in [-0.05, 0) is 30.3 Å². The Morgan fingerprint density at radius 3 is 2.70 bits per heavy atom. The van der Waals surface area contributed by atoms with E-state index in [0.29, 0.717) is 10.9 Å². The van der Waals surface area contributed by atoms with Gasteiger partial charge in [-0.3, -0.25) is 9.78 Å². The highest BCUT2D eigenvalue weighted by Gasteiger charge is 2.25. The van der Waals surface area contributed by atoms with Gasteiger partial charge in [0.05, 0.1) is 17.1 Å². The van der Waals surface area contributed by atoms with Crippen LogP contribution in [0.25, 0.3) is 10.9 Å². The highest BCUT2D eigenvalue weighted by molar-refractivity contribution is 7.89. The molecule has 1 amide bonds. The Balaban J connectivity index is 1.80. The lowest BCUT2D eigenvalue weighted by atomic mass is 10.2. The van der Waals surface area contributed by atoms with Gasteiger partial charge in [0, 0.05) is 24.3 Å². The average molecular weight is 408 g/mol. The summed E-state index contributed by atoms with van der Waals surface area (Å²) in [7, 11) is -2.64. The molecule has 9 heteroatoms. The van der Waals surface area contributed by atoms with Crippen LogP contribution in [-0.4, -0.2) is 37.2 Å². The zero-order chi connectivity index (χ0) is 19.6. The number of hydrogen-bond acceptors (Lipinski definition) is 4. The Hall–Kier alpha value is -2.55. The largest absolute Gasteiger partial charge is 0.325 e. The summed E-state index contributed by atoms with van der Waals surface area (Å²) in [5.41, 5.74) is 0.599. The number of nitrogens with zero attached hydrogens (tertiary/aromatic N) is 2. The normalized spacial score (nSPS) is 11.7. The second-order valence-corrected chi connectivity index (χ2v) is 8.19. The minimum absolute atomic E-state index is 0.0146. The number of pyridine rings is 1. The van der Waals surface area contributed by atoms with E-state index in [2.05, 4.69) is 10.3 Å². The number of hydrogen-bond donors (Lipinski definition) is 1. The second kappa shape index (κ2) is 7.59. The molecule has 0 atom stereocenters. The molecule has 3 rings (SSSR count). The summed E-state index contributed by atoms with van der Waals surface area (Å²) in [5.74, 6) is -1.20. The molecule has 0 saturated heterocycles. The van der Waals surface area contributed by atoms with E-state index in [9.17, 15) is 17.6 Å². The van der Waals surface area contributed by atoms with Gasteiger partial charge in [0.1, 0.15) is 10.7 Å². The third-order valence-electron chi connectivity index (χ3n) is 3.85. The van der Waals surface area contributed by atoms with Crippen LogP contribution in [0.15, 0.2) is 59.6 Å². The molecule has 0 radical (unpaired) electrons. The van der Waals surface area contributed by atoms with Gasteiger partial charge >= 0.3 is 0 Å². The summed E-state index contributed by atoms with van der Waals surface area (Å²) < 4.78 is 39.8. The number of fused-ring (bicyclic) bond motifs is 1. The van der Waals surface area contributed by atoms with Gasteiger partial charge in [0.25, 0.3) is 0 Å². The maximum absolute atomic E-state index is 13.2. The van der Waals surface area contributed by atoms with E-state index >= 15 is 0 Å². The number of rotatable bonds is 5. The summed E-state index contributed by atoms with van der Waals surface area (Å²) in [6.45, 7) is -0.430. The molecule has 0 aliphatic rings. The van der Waals surface area contributed by atoms with Gasteiger partial charge in [0.15, 0.2) is 0 Å². The Morgan fingerprint density at radius 2 is 1.96 bits per heavy atom. The van der Waals surface area contributed by atoms with E-state index in [1.54, 1.807) is 24.3 Å². The Bertz CT molecular complexity index is 1120. The standard InChI is InChI=1S/C18H15ClFN3O3S/c1-23(11-17(24)22-13-7-8-15(20)14(19)10-13)27(25,26)16-6-2-4-12-5-3-9-21-18(12)16/h2-10H,11H2,1H3,(H,22,24). The quantitative estimate of drug-likeness (QED) is 0.703. The lowest BCUT2D eigenvalue weighted by Crippen LogP contribution is -2.35. The minimum atomic E-state index is -3.94. The number of benzene rings is 2. The molecule has 0 bridgehead atoms. The van der Waals surface area contributed by atoms with Gasteiger partial charge in [-0.25, -0.2) is 12.8 Å². The second-order valence-electron chi connectivity index (χ2n) is 5.77. The highest BCUT2D eigenvalue weighted by Crippen LogP contribution is 2.23. The molecular weight excluding hydrogens is 393 g/mol. The van der Waals surface area contributed by atoms with Crippen molar-refractivity contribution < 1.29 is 17.6 Å². The minimum Gasteiger partial charge on any atom is -0.325 e. The van der Waals surface area contributed by atoms with Crippen molar-refractivity contribution in [1.82, 2.24) is 9.29 Å². The van der Waals surface area contributed by atoms with Crippen LogP contribution in [0.1, 0.15) is 0 Å². The molecule has 6 nitrogen and oxygen atoms in total. The number of halogens is 2. The monoisotopic (exact) mass is 407 g/mol. The van der Waals surface area contributed by atoms with Gasteiger partial charge in [-0.15, -0.1) is 0 Å². The zero-order valence-electron chi connectivity index (χ0n) is 14.2.